The molecule has 2 aliphatic heterocycles. The number of hydrogen-bond acceptors (Lipinski definition) is 10. The third-order valence-electron chi connectivity index (χ3n) is 14.1. The Bertz CT molecular complexity index is 4310. The molecule has 9 aromatic carbocycles. The van der Waals surface area contributed by atoms with Gasteiger partial charge >= 0.3 is 0 Å². The standard InChI is InChI=1S/C62H44F2N12S/c63-39-36-37-52(51(64)38-39)77(73-40-20-5-1-6-21-40,74-41-22-7-2-8-23-41,75-42-24-9-3-10-25-42,76-43-26-11-4-12-27-43)53-35-19-34-50-54(53)62-71-60-49-33-18-17-32-48(49)58(69-60)67-56-45-29-14-13-28-44(45)55(65-56)66-57-46-30-15-16-31-47(46)59(68-57)70-61(50)72-62/h1-38,73-76H,(H2,65,66,67,68,69,70,71,72). The monoisotopic (exact) mass is 1030 g/mol. The van der Waals surface area contributed by atoms with Gasteiger partial charge in [0.15, 0.2) is 23.3 Å². The predicted molar refractivity (Wildman–Crippen MR) is 307 cm³/mol. The summed E-state index contributed by atoms with van der Waals surface area (Å²) in [7, 11) is -6.05. The Morgan fingerprint density at radius 1 is 0.312 bits per heavy atom. The highest BCUT2D eigenvalue weighted by Crippen LogP contribution is 2.95. The fourth-order valence-electron chi connectivity index (χ4n) is 10.9. The number of nitrogens with zero attached hydrogens (tertiary/aromatic N) is 6. The van der Waals surface area contributed by atoms with E-state index in [2.05, 4.69) is 28.9 Å². The van der Waals surface area contributed by atoms with Crippen LogP contribution in [-0.4, -0.2) is 39.9 Å². The van der Waals surface area contributed by atoms with Crippen LogP contribution in [-0.2, 0) is 0 Å². The second kappa shape index (κ2) is 17.2. The highest BCUT2D eigenvalue weighted by molar-refractivity contribution is 8.68. The fourth-order valence-corrected chi connectivity index (χ4v) is 17.3. The van der Waals surface area contributed by atoms with E-state index >= 15 is 8.78 Å². The molecule has 0 spiro atoms. The molecule has 0 amide bonds. The lowest BCUT2D eigenvalue weighted by molar-refractivity contribution is 0.563. The number of rotatable bonds is 10. The first-order valence-electron chi connectivity index (χ1n) is 24.9. The van der Waals surface area contributed by atoms with E-state index in [1.165, 1.54) is 12.1 Å². The summed E-state index contributed by atoms with van der Waals surface area (Å²) in [5.74, 6) is 0.00770. The topological polar surface area (TPSA) is 157 Å². The minimum absolute atomic E-state index is 0.00798. The zero-order valence-electron chi connectivity index (χ0n) is 40.8. The Balaban J connectivity index is 1.25. The number of benzene rings is 9. The van der Waals surface area contributed by atoms with Crippen LogP contribution in [0.5, 0.6) is 0 Å². The Morgan fingerprint density at radius 2 is 0.662 bits per heavy atom. The van der Waals surface area contributed by atoms with Crippen molar-refractivity contribution in [2.24, 2.45) is 0 Å². The lowest BCUT2D eigenvalue weighted by atomic mass is 10.1. The molecule has 0 unspecified atom stereocenters. The molecule has 0 radical (unpaired) electrons. The van der Waals surface area contributed by atoms with Crippen LogP contribution in [0.1, 0.15) is 0 Å². The molecule has 12 nitrogen and oxygen atoms in total. The maximum atomic E-state index is 18.6. The average Bonchev–Trinajstić information content (AvgIpc) is 4.26. The number of para-hydroxylation sites is 4. The summed E-state index contributed by atoms with van der Waals surface area (Å²) in [6.45, 7) is 0. The van der Waals surface area contributed by atoms with Crippen LogP contribution in [0, 0.1) is 11.6 Å². The Morgan fingerprint density at radius 3 is 1.08 bits per heavy atom. The highest BCUT2D eigenvalue weighted by atomic mass is 32.4. The minimum atomic E-state index is -6.05. The molecule has 3 aromatic heterocycles. The number of H-pyrrole nitrogens is 2. The van der Waals surface area contributed by atoms with Crippen molar-refractivity contribution in [2.75, 3.05) is 18.9 Å². The number of nitrogens with one attached hydrogen (secondary N) is 6. The fraction of sp³-hybridized carbons (Fsp3) is 0. The number of aromatic nitrogens is 8. The molecule has 0 atom stereocenters. The minimum Gasteiger partial charge on any atom is -0.324 e. The third-order valence-corrected chi connectivity index (χ3v) is 20.0. The predicted octanol–water partition coefficient (Wildman–Crippen LogP) is 15.5. The van der Waals surface area contributed by atoms with Gasteiger partial charge < -0.3 is 28.9 Å². The van der Waals surface area contributed by atoms with Gasteiger partial charge in [0.2, 0.25) is 0 Å². The van der Waals surface area contributed by atoms with Gasteiger partial charge in [0.25, 0.3) is 0 Å². The number of aromatic amines is 2. The summed E-state index contributed by atoms with van der Waals surface area (Å²) in [5.41, 5.74) is 7.14. The first-order chi connectivity index (χ1) is 37.8. The van der Waals surface area contributed by atoms with Gasteiger partial charge in [-0.2, -0.15) is 0 Å². The van der Waals surface area contributed by atoms with E-state index in [0.29, 0.717) is 84.3 Å². The summed E-state index contributed by atoms with van der Waals surface area (Å²) in [4.78, 5) is 39.4. The molecule has 0 aliphatic carbocycles. The molecule has 0 saturated carbocycles. The molecular weight excluding hydrogens is 983 g/mol. The lowest BCUT2D eigenvalue weighted by Crippen LogP contribution is -2.61. The quantitative estimate of drug-likeness (QED) is 0.0779. The van der Waals surface area contributed by atoms with Crippen molar-refractivity contribution in [3.05, 3.63) is 242 Å². The number of fused-ring (bicyclic) bond motifs is 20. The largest absolute Gasteiger partial charge is 0.324 e. The van der Waals surface area contributed by atoms with Crippen LogP contribution in [0.25, 0.3) is 89.7 Å². The summed E-state index contributed by atoms with van der Waals surface area (Å²) in [5, 5.41) is 2.79. The van der Waals surface area contributed by atoms with E-state index < -0.39 is 20.7 Å². The molecule has 14 rings (SSSR count). The Kier molecular flexibility index (Phi) is 10.1. The summed E-state index contributed by atoms with van der Waals surface area (Å²) in [6.07, 6.45) is 0. The van der Waals surface area contributed by atoms with Gasteiger partial charge in [-0.3, -0.25) is 0 Å². The average molecular weight is 1030 g/mol. The van der Waals surface area contributed by atoms with E-state index in [0.717, 1.165) is 39.1 Å². The molecule has 372 valence electrons. The van der Waals surface area contributed by atoms with E-state index in [4.69, 9.17) is 29.9 Å². The van der Waals surface area contributed by atoms with Crippen LogP contribution >= 0.6 is 9.04 Å². The van der Waals surface area contributed by atoms with Crippen LogP contribution in [0.4, 0.5) is 31.5 Å². The van der Waals surface area contributed by atoms with Crippen molar-refractivity contribution in [3.63, 3.8) is 0 Å². The van der Waals surface area contributed by atoms with Gasteiger partial charge in [-0.05, 0) is 75.8 Å². The molecule has 2 aliphatic rings. The second-order valence-corrected chi connectivity index (χ2v) is 23.7. The van der Waals surface area contributed by atoms with Crippen LogP contribution < -0.4 is 18.9 Å². The van der Waals surface area contributed by atoms with Gasteiger partial charge in [0, 0.05) is 72.6 Å². The third kappa shape index (κ3) is 7.12. The molecule has 15 heteroatoms. The summed E-state index contributed by atoms with van der Waals surface area (Å²) >= 11 is 0. The molecule has 77 heavy (non-hydrogen) atoms. The van der Waals surface area contributed by atoms with E-state index in [9.17, 15) is 0 Å². The first-order valence-corrected chi connectivity index (χ1v) is 27.3. The zero-order valence-corrected chi connectivity index (χ0v) is 41.6. The summed E-state index contributed by atoms with van der Waals surface area (Å²) < 4.78 is 50.9. The van der Waals surface area contributed by atoms with Crippen LogP contribution in [0.15, 0.2) is 240 Å². The van der Waals surface area contributed by atoms with Crippen molar-refractivity contribution in [1.29, 1.82) is 0 Å². The molecule has 5 heterocycles. The molecule has 8 bridgehead atoms. The molecule has 6 N–H and O–H groups in total. The lowest BCUT2D eigenvalue weighted by Gasteiger charge is -2.81. The van der Waals surface area contributed by atoms with Crippen molar-refractivity contribution in [2.45, 2.75) is 9.79 Å². The van der Waals surface area contributed by atoms with Crippen molar-refractivity contribution in [1.82, 2.24) is 39.9 Å². The van der Waals surface area contributed by atoms with Crippen LogP contribution in [0.3, 0.4) is 0 Å². The van der Waals surface area contributed by atoms with Crippen LogP contribution in [0.2, 0.25) is 0 Å². The maximum Gasteiger partial charge on any atom is 0.164 e. The first kappa shape index (κ1) is 45.4. The van der Waals surface area contributed by atoms with Gasteiger partial charge in [-0.1, -0.05) is 158 Å². The van der Waals surface area contributed by atoms with E-state index in [-0.39, 0.29) is 4.90 Å². The van der Waals surface area contributed by atoms with Crippen molar-refractivity contribution < 1.29 is 8.78 Å². The molecular formula is C62H44F2N12S. The number of hydrogen-bond donors (Lipinski definition) is 6. The Labute approximate surface area is 438 Å². The van der Waals surface area contributed by atoms with Crippen molar-refractivity contribution in [3.8, 4) is 45.6 Å². The van der Waals surface area contributed by atoms with E-state index in [1.807, 2.05) is 212 Å². The maximum absolute atomic E-state index is 18.6. The van der Waals surface area contributed by atoms with E-state index in [1.54, 1.807) is 0 Å². The Hall–Kier alpha value is -10.3. The normalized spacial score (nSPS) is 12.8. The zero-order chi connectivity index (χ0) is 51.6. The van der Waals surface area contributed by atoms with Gasteiger partial charge in [-0.15, -0.1) is 0 Å². The molecule has 12 aromatic rings. The number of halogens is 2. The molecule has 0 saturated heterocycles. The molecule has 0 fully saturated rings. The van der Waals surface area contributed by atoms with Gasteiger partial charge in [0.05, 0.1) is 9.79 Å². The van der Waals surface area contributed by atoms with Gasteiger partial charge in [0.1, 0.15) is 34.2 Å². The SMILES string of the molecule is Fc1ccc(S(Nc2ccccc2)(Nc2ccccc2)(Nc2ccccc2)(Nc2ccccc2)c2cccc3c4nc5nc(nc6[nH]c(nc7nc(nc([nH]4)c23)-c2ccccc2-7)c2ccccc62)-c2ccccc2-5)c(F)c1. The summed E-state index contributed by atoms with van der Waals surface area (Å²) in [6, 6.07) is 71.4. The number of anilines is 4. The highest BCUT2D eigenvalue weighted by Gasteiger charge is 2.66. The van der Waals surface area contributed by atoms with Crippen molar-refractivity contribution >= 4 is 75.9 Å². The smallest absolute Gasteiger partial charge is 0.164 e. The van der Waals surface area contributed by atoms with Gasteiger partial charge in [-0.25, -0.2) is 38.7 Å². The second-order valence-electron chi connectivity index (χ2n) is 18.9.